The van der Waals surface area contributed by atoms with Gasteiger partial charge >= 0.3 is 12.3 Å². The van der Waals surface area contributed by atoms with Crippen LogP contribution in [-0.4, -0.2) is 26.2 Å². The molecule has 0 N–H and O–H groups in total. The normalized spacial score (nSPS) is 11.0. The van der Waals surface area contributed by atoms with Crippen LogP contribution in [0.15, 0.2) is 48.5 Å². The van der Waals surface area contributed by atoms with Crippen LogP contribution in [0.1, 0.15) is 10.4 Å². The highest BCUT2D eigenvalue weighted by molar-refractivity contribution is 5.91. The molecule has 8 heteroatoms. The Kier molecular flexibility index (Phi) is 5.64. The molecule has 5 nitrogen and oxygen atoms in total. The first kappa shape index (κ1) is 17.6. The zero-order chi connectivity index (χ0) is 17.6. The average Bonchev–Trinajstić information content (AvgIpc) is 2.53. The predicted molar refractivity (Wildman–Crippen MR) is 77.0 cm³/mol. The maximum Gasteiger partial charge on any atom is 0.573 e. The van der Waals surface area contributed by atoms with E-state index >= 15 is 0 Å². The first-order valence-electron chi connectivity index (χ1n) is 6.68. The Morgan fingerprint density at radius 3 is 2.38 bits per heavy atom. The Morgan fingerprint density at radius 1 is 1.04 bits per heavy atom. The number of ether oxygens (including phenoxy) is 4. The Labute approximate surface area is 135 Å². The van der Waals surface area contributed by atoms with Gasteiger partial charge in [0.15, 0.2) is 18.3 Å². The summed E-state index contributed by atoms with van der Waals surface area (Å²) in [5.74, 6) is -1.33. The summed E-state index contributed by atoms with van der Waals surface area (Å²) in [7, 11) is 1.30. The van der Waals surface area contributed by atoms with Crippen LogP contribution < -0.4 is 14.2 Å². The van der Waals surface area contributed by atoms with E-state index in [1.165, 1.54) is 7.11 Å². The molecule has 0 aliphatic rings. The zero-order valence-electron chi connectivity index (χ0n) is 12.5. The highest BCUT2D eigenvalue weighted by Gasteiger charge is 2.32. The van der Waals surface area contributed by atoms with Gasteiger partial charge in [-0.1, -0.05) is 18.2 Å². The highest BCUT2D eigenvalue weighted by Crippen LogP contribution is 2.33. The third-order valence-electron chi connectivity index (χ3n) is 2.69. The smallest absolute Gasteiger partial charge is 0.464 e. The fourth-order valence-electron chi connectivity index (χ4n) is 1.73. The van der Waals surface area contributed by atoms with E-state index in [0.29, 0.717) is 5.75 Å². The van der Waals surface area contributed by atoms with Gasteiger partial charge < -0.3 is 18.9 Å². The number of rotatable bonds is 6. The third kappa shape index (κ3) is 5.17. The van der Waals surface area contributed by atoms with E-state index in [2.05, 4.69) is 9.47 Å². The number of esters is 1. The number of benzene rings is 2. The molecule has 0 aromatic heterocycles. The Hall–Kier alpha value is -2.74. The van der Waals surface area contributed by atoms with Gasteiger partial charge in [-0.3, -0.25) is 0 Å². The summed E-state index contributed by atoms with van der Waals surface area (Å²) in [6.07, 6.45) is -4.89. The van der Waals surface area contributed by atoms with Gasteiger partial charge in [0.05, 0.1) is 5.56 Å². The van der Waals surface area contributed by atoms with E-state index in [1.807, 2.05) is 0 Å². The first-order chi connectivity index (χ1) is 11.4. The molecule has 0 atom stereocenters. The van der Waals surface area contributed by atoms with Crippen molar-refractivity contribution in [1.29, 1.82) is 0 Å². The fourth-order valence-corrected chi connectivity index (χ4v) is 1.73. The van der Waals surface area contributed by atoms with Crippen molar-refractivity contribution in [3.8, 4) is 17.2 Å². The zero-order valence-corrected chi connectivity index (χ0v) is 12.5. The van der Waals surface area contributed by atoms with E-state index in [9.17, 15) is 18.0 Å². The van der Waals surface area contributed by atoms with E-state index in [1.54, 1.807) is 30.3 Å². The van der Waals surface area contributed by atoms with Crippen molar-refractivity contribution in [3.63, 3.8) is 0 Å². The Balaban J connectivity index is 2.22. The van der Waals surface area contributed by atoms with Crippen molar-refractivity contribution in [2.75, 3.05) is 13.9 Å². The van der Waals surface area contributed by atoms with Crippen LogP contribution >= 0.6 is 0 Å². The molecular weight excluding hydrogens is 329 g/mol. The summed E-state index contributed by atoms with van der Waals surface area (Å²) < 4.78 is 55.8. The molecule has 0 unspecified atom stereocenters. The van der Waals surface area contributed by atoms with Gasteiger partial charge in [-0.25, -0.2) is 4.79 Å². The van der Waals surface area contributed by atoms with Crippen LogP contribution in [0.25, 0.3) is 0 Å². The average molecular weight is 342 g/mol. The van der Waals surface area contributed by atoms with Crippen molar-refractivity contribution in [1.82, 2.24) is 0 Å². The van der Waals surface area contributed by atoms with Crippen molar-refractivity contribution < 1.29 is 36.9 Å². The van der Waals surface area contributed by atoms with Gasteiger partial charge in [0.2, 0.25) is 0 Å². The monoisotopic (exact) mass is 342 g/mol. The van der Waals surface area contributed by atoms with E-state index in [-0.39, 0.29) is 18.1 Å². The molecule has 0 radical (unpaired) electrons. The summed E-state index contributed by atoms with van der Waals surface area (Å²) in [6, 6.07) is 11.4. The van der Waals surface area contributed by atoms with Crippen molar-refractivity contribution in [3.05, 3.63) is 54.1 Å². The summed E-state index contributed by atoms with van der Waals surface area (Å²) in [5, 5.41) is 0. The molecule has 0 saturated heterocycles. The van der Waals surface area contributed by atoms with Gasteiger partial charge in [-0.15, -0.1) is 13.2 Å². The lowest BCUT2D eigenvalue weighted by Gasteiger charge is -2.14. The second-order valence-corrected chi connectivity index (χ2v) is 4.46. The predicted octanol–water partition coefficient (Wildman–Crippen LogP) is 3.79. The number of methoxy groups -OCH3 is 1. The number of hydrogen-bond acceptors (Lipinski definition) is 5. The second-order valence-electron chi connectivity index (χ2n) is 4.46. The van der Waals surface area contributed by atoms with Crippen LogP contribution in [-0.2, 0) is 4.74 Å². The van der Waals surface area contributed by atoms with Crippen LogP contribution in [0, 0.1) is 0 Å². The number of carbonyl (C=O) groups is 1. The standard InChI is InChI=1S/C16H13F3O5/c1-21-10-22-14-9-11(7-8-13(14)24-16(17,18)19)15(20)23-12-5-3-2-4-6-12/h2-9H,10H2,1H3. The number of alkyl halides is 3. The molecule has 24 heavy (non-hydrogen) atoms. The SMILES string of the molecule is COCOc1cc(C(=O)Oc2ccccc2)ccc1OC(F)(F)F. The molecule has 0 aliphatic carbocycles. The minimum absolute atomic E-state index is 0.000481. The number of hydrogen-bond donors (Lipinski definition) is 0. The summed E-state index contributed by atoms with van der Waals surface area (Å²) >= 11 is 0. The minimum Gasteiger partial charge on any atom is -0.464 e. The van der Waals surface area contributed by atoms with Crippen molar-refractivity contribution >= 4 is 5.97 Å². The number of halogens is 3. The molecule has 128 valence electrons. The lowest BCUT2D eigenvalue weighted by atomic mass is 10.2. The minimum atomic E-state index is -4.89. The van der Waals surface area contributed by atoms with Crippen LogP contribution in [0.3, 0.4) is 0 Å². The third-order valence-corrected chi connectivity index (χ3v) is 2.69. The quantitative estimate of drug-likeness (QED) is 0.454. The van der Waals surface area contributed by atoms with E-state index in [0.717, 1.165) is 18.2 Å². The van der Waals surface area contributed by atoms with Gasteiger partial charge in [-0.05, 0) is 30.3 Å². The molecular formula is C16H13F3O5. The Morgan fingerprint density at radius 2 is 1.75 bits per heavy atom. The molecule has 2 aromatic carbocycles. The molecule has 2 rings (SSSR count). The van der Waals surface area contributed by atoms with Crippen LogP contribution in [0.2, 0.25) is 0 Å². The molecule has 0 aliphatic heterocycles. The van der Waals surface area contributed by atoms with Gasteiger partial charge in [0, 0.05) is 7.11 Å². The molecule has 0 spiro atoms. The fraction of sp³-hybridized carbons (Fsp3) is 0.188. The lowest BCUT2D eigenvalue weighted by Crippen LogP contribution is -2.18. The van der Waals surface area contributed by atoms with Gasteiger partial charge in [0.25, 0.3) is 0 Å². The lowest BCUT2D eigenvalue weighted by molar-refractivity contribution is -0.275. The van der Waals surface area contributed by atoms with Crippen LogP contribution in [0.4, 0.5) is 13.2 Å². The molecule has 0 bridgehead atoms. The first-order valence-corrected chi connectivity index (χ1v) is 6.68. The summed E-state index contributed by atoms with van der Waals surface area (Å²) in [5.41, 5.74) is -0.000481. The topological polar surface area (TPSA) is 54.0 Å². The van der Waals surface area contributed by atoms with Crippen LogP contribution in [0.5, 0.6) is 17.2 Å². The van der Waals surface area contributed by atoms with E-state index in [4.69, 9.17) is 9.47 Å². The molecule has 0 saturated carbocycles. The summed E-state index contributed by atoms with van der Waals surface area (Å²) in [6.45, 7) is -0.314. The Bertz CT molecular complexity index is 686. The highest BCUT2D eigenvalue weighted by atomic mass is 19.4. The van der Waals surface area contributed by atoms with Crippen molar-refractivity contribution in [2.45, 2.75) is 6.36 Å². The van der Waals surface area contributed by atoms with E-state index < -0.39 is 18.1 Å². The maximum atomic E-state index is 12.4. The number of para-hydroxylation sites is 1. The largest absolute Gasteiger partial charge is 0.573 e. The van der Waals surface area contributed by atoms with Gasteiger partial charge in [-0.2, -0.15) is 0 Å². The maximum absolute atomic E-state index is 12.4. The van der Waals surface area contributed by atoms with Gasteiger partial charge in [0.1, 0.15) is 5.75 Å². The molecule has 2 aromatic rings. The summed E-state index contributed by atoms with van der Waals surface area (Å²) in [4.78, 5) is 12.1. The number of carbonyl (C=O) groups excluding carboxylic acids is 1. The molecule has 0 heterocycles. The molecule has 0 fully saturated rings. The van der Waals surface area contributed by atoms with Crippen molar-refractivity contribution in [2.24, 2.45) is 0 Å². The molecule has 0 amide bonds. The second kappa shape index (κ2) is 7.69.